The second kappa shape index (κ2) is 9.14. The Morgan fingerprint density at radius 3 is 2.49 bits per heavy atom. The molecule has 8 heteroatoms. The van der Waals surface area contributed by atoms with Crippen LogP contribution in [0.3, 0.4) is 0 Å². The average molecular weight is 528 g/mol. The second-order valence-electron chi connectivity index (χ2n) is 11.4. The summed E-state index contributed by atoms with van der Waals surface area (Å²) in [6.45, 7) is 5.99. The van der Waals surface area contributed by atoms with Gasteiger partial charge in [0.2, 0.25) is 0 Å². The minimum Gasteiger partial charge on any atom is -0.371 e. The number of fused-ring (bicyclic) bond motifs is 2. The van der Waals surface area contributed by atoms with Gasteiger partial charge in [-0.15, -0.1) is 0 Å². The first-order valence-corrected chi connectivity index (χ1v) is 13.9. The van der Waals surface area contributed by atoms with Crippen LogP contribution < -0.4 is 4.90 Å². The zero-order valence-corrected chi connectivity index (χ0v) is 22.1. The Morgan fingerprint density at radius 2 is 1.77 bits per heavy atom. The van der Waals surface area contributed by atoms with E-state index in [2.05, 4.69) is 16.8 Å². The quantitative estimate of drug-likeness (QED) is 0.305. The van der Waals surface area contributed by atoms with Crippen LogP contribution in [0.2, 0.25) is 0 Å². The number of alkyl halides is 1. The topological polar surface area (TPSA) is 53.7 Å². The molecule has 0 N–H and O–H groups in total. The maximum absolute atomic E-state index is 15.3. The monoisotopic (exact) mass is 527 g/mol. The third-order valence-electron chi connectivity index (χ3n) is 8.56. The maximum atomic E-state index is 15.3. The fraction of sp³-hybridized carbons (Fsp3) is 0.387. The summed E-state index contributed by atoms with van der Waals surface area (Å²) in [5.74, 6) is 0.248. The fourth-order valence-electron chi connectivity index (χ4n) is 6.17. The van der Waals surface area contributed by atoms with Crippen LogP contribution in [0.5, 0.6) is 0 Å². The summed E-state index contributed by atoms with van der Waals surface area (Å²) in [6, 6.07) is 16.0. The van der Waals surface area contributed by atoms with E-state index < -0.39 is 6.17 Å². The van der Waals surface area contributed by atoms with Crippen molar-refractivity contribution in [2.75, 3.05) is 24.5 Å². The zero-order chi connectivity index (χ0) is 26.8. The van der Waals surface area contributed by atoms with Crippen LogP contribution in [0, 0.1) is 11.7 Å². The van der Waals surface area contributed by atoms with Crippen LogP contribution in [-0.2, 0) is 0 Å². The molecule has 0 unspecified atom stereocenters. The highest BCUT2D eigenvalue weighted by molar-refractivity contribution is 5.93. The molecule has 1 saturated carbocycles. The Bertz CT molecular complexity index is 1600. The smallest absolute Gasteiger partial charge is 0.273 e. The lowest BCUT2D eigenvalue weighted by Gasteiger charge is -2.36. The maximum Gasteiger partial charge on any atom is 0.273 e. The number of rotatable bonds is 4. The molecule has 3 aliphatic rings. The van der Waals surface area contributed by atoms with Crippen LogP contribution >= 0.6 is 0 Å². The molecule has 7 rings (SSSR count). The number of nitrogens with zero attached hydrogens (tertiary/aromatic N) is 5. The van der Waals surface area contributed by atoms with E-state index in [1.54, 1.807) is 39.7 Å². The van der Waals surface area contributed by atoms with E-state index in [-0.39, 0.29) is 35.9 Å². The average Bonchev–Trinajstić information content (AvgIpc) is 3.55. The van der Waals surface area contributed by atoms with Crippen molar-refractivity contribution in [1.29, 1.82) is 0 Å². The summed E-state index contributed by atoms with van der Waals surface area (Å²) in [5.41, 5.74) is 4.90. The highest BCUT2D eigenvalue weighted by Gasteiger charge is 2.36. The first-order valence-electron chi connectivity index (χ1n) is 13.9. The van der Waals surface area contributed by atoms with Gasteiger partial charge in [-0.2, -0.15) is 5.10 Å². The molecule has 2 aromatic carbocycles. The van der Waals surface area contributed by atoms with E-state index in [9.17, 15) is 4.79 Å². The van der Waals surface area contributed by atoms with E-state index >= 15 is 8.78 Å². The van der Waals surface area contributed by atoms with E-state index in [1.807, 2.05) is 31.2 Å². The van der Waals surface area contributed by atoms with E-state index in [0.29, 0.717) is 28.4 Å². The molecule has 1 amide bonds. The molecule has 1 aliphatic carbocycles. The molecule has 0 radical (unpaired) electrons. The van der Waals surface area contributed by atoms with E-state index in [0.717, 1.165) is 49.3 Å². The lowest BCUT2D eigenvalue weighted by atomic mass is 9.92. The first kappa shape index (κ1) is 24.2. The molecular formula is C31H31F2N5O. The van der Waals surface area contributed by atoms with Crippen molar-refractivity contribution in [1.82, 2.24) is 19.5 Å². The predicted octanol–water partition coefficient (Wildman–Crippen LogP) is 6.49. The van der Waals surface area contributed by atoms with Crippen molar-refractivity contribution >= 4 is 17.2 Å². The Kier molecular flexibility index (Phi) is 5.68. The van der Waals surface area contributed by atoms with Crippen LogP contribution in [0.15, 0.2) is 54.6 Å². The second-order valence-corrected chi connectivity index (χ2v) is 11.4. The van der Waals surface area contributed by atoms with Gasteiger partial charge in [-0.1, -0.05) is 31.2 Å². The van der Waals surface area contributed by atoms with Crippen molar-refractivity contribution in [3.8, 4) is 11.3 Å². The number of hydrogen-bond donors (Lipinski definition) is 0. The van der Waals surface area contributed by atoms with Gasteiger partial charge in [-0.3, -0.25) is 4.79 Å². The number of aromatic nitrogens is 3. The zero-order valence-electron chi connectivity index (χ0n) is 22.1. The number of carbonyl (C=O) groups excluding carboxylic acids is 1. The number of carbonyl (C=O) groups is 1. The number of amides is 1. The van der Waals surface area contributed by atoms with Crippen LogP contribution in [0.25, 0.3) is 16.9 Å². The summed E-state index contributed by atoms with van der Waals surface area (Å²) in [4.78, 5) is 22.2. The van der Waals surface area contributed by atoms with Crippen LogP contribution in [-0.4, -0.2) is 45.0 Å². The minimum atomic E-state index is -1.25. The number of halogens is 2. The van der Waals surface area contributed by atoms with E-state index in [4.69, 9.17) is 5.10 Å². The molecule has 2 fully saturated rings. The molecular weight excluding hydrogens is 496 g/mol. The predicted molar refractivity (Wildman–Crippen MR) is 146 cm³/mol. The SMILES string of the molecule is C[C@H]1CCN(c2ccc(-c3cc4nc(C(=O)N5C[C@@H](F)c6ccccc6[C@H]5C)cc(C5CC5)n4n3)c(F)c2)C1. The molecule has 0 bridgehead atoms. The van der Waals surface area contributed by atoms with Crippen molar-refractivity contribution in [2.24, 2.45) is 5.92 Å². The number of benzene rings is 2. The Balaban J connectivity index is 1.24. The summed E-state index contributed by atoms with van der Waals surface area (Å²) >= 11 is 0. The summed E-state index contributed by atoms with van der Waals surface area (Å²) in [6.07, 6.45) is 1.86. The molecule has 3 atom stereocenters. The lowest BCUT2D eigenvalue weighted by Crippen LogP contribution is -2.40. The van der Waals surface area contributed by atoms with Gasteiger partial charge in [-0.05, 0) is 67.5 Å². The molecule has 1 saturated heterocycles. The van der Waals surface area contributed by atoms with Gasteiger partial charge in [0.15, 0.2) is 5.65 Å². The fourth-order valence-corrected chi connectivity index (χ4v) is 6.17. The van der Waals surface area contributed by atoms with Crippen molar-refractivity contribution in [3.05, 3.63) is 82.9 Å². The summed E-state index contributed by atoms with van der Waals surface area (Å²) in [5, 5.41) is 4.73. The molecule has 4 heterocycles. The van der Waals surface area contributed by atoms with Gasteiger partial charge in [-0.25, -0.2) is 18.3 Å². The van der Waals surface area contributed by atoms with Crippen LogP contribution in [0.1, 0.15) is 78.6 Å². The molecule has 2 aromatic heterocycles. The third kappa shape index (κ3) is 4.17. The lowest BCUT2D eigenvalue weighted by molar-refractivity contribution is 0.0585. The number of anilines is 1. The van der Waals surface area contributed by atoms with Gasteiger partial charge < -0.3 is 9.80 Å². The van der Waals surface area contributed by atoms with Crippen molar-refractivity contribution < 1.29 is 13.6 Å². The highest BCUT2D eigenvalue weighted by Crippen LogP contribution is 2.42. The Labute approximate surface area is 226 Å². The third-order valence-corrected chi connectivity index (χ3v) is 8.56. The highest BCUT2D eigenvalue weighted by atomic mass is 19.1. The van der Waals surface area contributed by atoms with Gasteiger partial charge in [0.25, 0.3) is 5.91 Å². The molecule has 0 spiro atoms. The standard InChI is InChI=1S/C31H31F2N5O/c1-18-11-12-36(16-18)21-9-10-24(25(32)13-21)27-15-30-34-28(14-29(20-7-8-20)38(30)35-27)31(39)37-17-26(33)23-6-4-3-5-22(23)19(37)2/h3-6,9-10,13-15,18-20,26H,7-8,11-12,16-17H2,1-2H3/t18-,19+,26+/m0/s1. The summed E-state index contributed by atoms with van der Waals surface area (Å²) in [7, 11) is 0. The Morgan fingerprint density at radius 1 is 0.974 bits per heavy atom. The van der Waals surface area contributed by atoms with Crippen molar-refractivity contribution in [2.45, 2.75) is 51.2 Å². The number of hydrogen-bond acceptors (Lipinski definition) is 4. The van der Waals surface area contributed by atoms with Crippen molar-refractivity contribution in [3.63, 3.8) is 0 Å². The molecule has 200 valence electrons. The molecule has 2 aliphatic heterocycles. The largest absolute Gasteiger partial charge is 0.371 e. The van der Waals surface area contributed by atoms with Gasteiger partial charge >= 0.3 is 0 Å². The minimum absolute atomic E-state index is 0.0134. The Hall–Kier alpha value is -3.81. The molecule has 4 aromatic rings. The summed E-state index contributed by atoms with van der Waals surface area (Å²) < 4.78 is 32.1. The normalized spacial score (nSPS) is 22.9. The van der Waals surface area contributed by atoms with Gasteiger partial charge in [0.05, 0.1) is 18.3 Å². The first-order chi connectivity index (χ1) is 18.9. The van der Waals surface area contributed by atoms with Crippen LogP contribution in [0.4, 0.5) is 14.5 Å². The molecule has 6 nitrogen and oxygen atoms in total. The van der Waals surface area contributed by atoms with Gasteiger partial charge in [0, 0.05) is 42.0 Å². The van der Waals surface area contributed by atoms with Gasteiger partial charge in [0.1, 0.15) is 17.7 Å². The van der Waals surface area contributed by atoms with E-state index in [1.165, 1.54) is 0 Å². The molecule has 39 heavy (non-hydrogen) atoms.